The number of rotatable bonds is 7. The van der Waals surface area contributed by atoms with E-state index in [-0.39, 0.29) is 0 Å². The van der Waals surface area contributed by atoms with Gasteiger partial charge in [-0.25, -0.2) is 15.0 Å². The molecule has 2 aromatic heterocycles. The summed E-state index contributed by atoms with van der Waals surface area (Å²) in [7, 11) is 3.28. The molecule has 0 saturated heterocycles. The molecule has 0 spiro atoms. The zero-order valence-corrected chi connectivity index (χ0v) is 15.2. The van der Waals surface area contributed by atoms with Crippen LogP contribution in [0.2, 0.25) is 0 Å². The van der Waals surface area contributed by atoms with Gasteiger partial charge in [0.05, 0.1) is 19.6 Å². The van der Waals surface area contributed by atoms with Crippen molar-refractivity contribution in [1.29, 1.82) is 0 Å². The predicted molar refractivity (Wildman–Crippen MR) is 103 cm³/mol. The lowest BCUT2D eigenvalue weighted by atomic mass is 10.0. The van der Waals surface area contributed by atoms with Crippen molar-refractivity contribution in [3.05, 3.63) is 42.2 Å². The quantitative estimate of drug-likeness (QED) is 0.674. The van der Waals surface area contributed by atoms with Crippen LogP contribution in [0, 0.1) is 5.92 Å². The van der Waals surface area contributed by atoms with E-state index in [1.807, 2.05) is 18.2 Å². The number of hydrogen-bond donors (Lipinski definition) is 2. The highest BCUT2D eigenvalue weighted by molar-refractivity contribution is 5.87. The molecule has 0 aliphatic rings. The fourth-order valence-corrected chi connectivity index (χ4v) is 2.85. The molecule has 3 rings (SSSR count). The van der Waals surface area contributed by atoms with Gasteiger partial charge in [-0.15, -0.1) is 0 Å². The molecular weight excluding hydrogens is 330 g/mol. The summed E-state index contributed by atoms with van der Waals surface area (Å²) in [6, 6.07) is 9.65. The van der Waals surface area contributed by atoms with Crippen LogP contribution >= 0.6 is 0 Å². The molecule has 0 aliphatic carbocycles. The van der Waals surface area contributed by atoms with Crippen molar-refractivity contribution in [2.24, 2.45) is 5.92 Å². The zero-order valence-electron chi connectivity index (χ0n) is 15.2. The van der Waals surface area contributed by atoms with Crippen molar-refractivity contribution in [2.75, 3.05) is 31.8 Å². The van der Waals surface area contributed by atoms with E-state index in [4.69, 9.17) is 15.2 Å². The maximum atomic E-state index is 5.72. The monoisotopic (exact) mass is 353 g/mol. The second-order valence-corrected chi connectivity index (χ2v) is 6.21. The van der Waals surface area contributed by atoms with E-state index < -0.39 is 0 Å². The first-order valence-corrected chi connectivity index (χ1v) is 8.42. The first-order valence-electron chi connectivity index (χ1n) is 8.42. The van der Waals surface area contributed by atoms with Crippen LogP contribution in [0.15, 0.2) is 36.7 Å². The molecule has 2 heterocycles. The van der Waals surface area contributed by atoms with Gasteiger partial charge >= 0.3 is 0 Å². The van der Waals surface area contributed by atoms with Crippen LogP contribution in [-0.2, 0) is 6.42 Å². The Balaban J connectivity index is 1.67. The Kier molecular flexibility index (Phi) is 5.36. The lowest BCUT2D eigenvalue weighted by Gasteiger charge is -2.15. The summed E-state index contributed by atoms with van der Waals surface area (Å²) >= 11 is 0. The maximum Gasteiger partial charge on any atom is 0.166 e. The number of nitrogens with one attached hydrogen (secondary N) is 1. The second kappa shape index (κ2) is 7.86. The number of methoxy groups -OCH3 is 2. The summed E-state index contributed by atoms with van der Waals surface area (Å²) in [5.41, 5.74) is 7.50. The normalized spacial score (nSPS) is 12.0. The van der Waals surface area contributed by atoms with Crippen LogP contribution in [-0.4, -0.2) is 35.7 Å². The number of benzene rings is 1. The molecule has 3 N–H and O–H groups in total. The molecule has 136 valence electrons. The molecule has 1 aromatic carbocycles. The minimum absolute atomic E-state index is 0.389. The summed E-state index contributed by atoms with van der Waals surface area (Å²) in [4.78, 5) is 12.7. The predicted octanol–water partition coefficient (Wildman–Crippen LogP) is 2.91. The van der Waals surface area contributed by atoms with Crippen molar-refractivity contribution in [1.82, 2.24) is 15.0 Å². The van der Waals surface area contributed by atoms with E-state index >= 15 is 0 Å². The van der Waals surface area contributed by atoms with E-state index in [1.54, 1.807) is 20.3 Å². The standard InChI is InChI=1S/C19H23N5O2/c1-12(8-13-4-6-15(25-2)16(9-13)26-3)10-21-18-14-5-7-17(20)24-19(14)23-11-22-18/h4-7,9,11-12H,8,10H2,1-3H3,(H3,20,21,22,23,24). The van der Waals surface area contributed by atoms with Crippen molar-refractivity contribution < 1.29 is 9.47 Å². The first-order chi connectivity index (χ1) is 12.6. The minimum atomic E-state index is 0.389. The number of nitrogens with two attached hydrogens (primary N) is 1. The molecule has 0 amide bonds. The average Bonchev–Trinajstić information content (AvgIpc) is 2.65. The van der Waals surface area contributed by atoms with Crippen molar-refractivity contribution in [3.63, 3.8) is 0 Å². The molecule has 1 atom stereocenters. The summed E-state index contributed by atoms with van der Waals surface area (Å²) in [6.45, 7) is 2.95. The van der Waals surface area contributed by atoms with Gasteiger partial charge in [0.2, 0.25) is 0 Å². The van der Waals surface area contributed by atoms with E-state index in [2.05, 4.69) is 33.3 Å². The smallest absolute Gasteiger partial charge is 0.166 e. The van der Waals surface area contributed by atoms with Gasteiger partial charge in [-0.05, 0) is 42.2 Å². The van der Waals surface area contributed by atoms with Gasteiger partial charge in [0, 0.05) is 6.54 Å². The Morgan fingerprint density at radius 2 is 1.88 bits per heavy atom. The Hall–Kier alpha value is -3.09. The van der Waals surface area contributed by atoms with Crippen LogP contribution in [0.5, 0.6) is 11.5 Å². The third kappa shape index (κ3) is 3.93. The van der Waals surface area contributed by atoms with Gasteiger partial charge in [0.1, 0.15) is 18.0 Å². The third-order valence-electron chi connectivity index (χ3n) is 4.17. The number of hydrogen-bond acceptors (Lipinski definition) is 7. The Morgan fingerprint density at radius 1 is 1.08 bits per heavy atom. The molecule has 3 aromatic rings. The van der Waals surface area contributed by atoms with E-state index in [0.29, 0.717) is 17.4 Å². The fourth-order valence-electron chi connectivity index (χ4n) is 2.85. The van der Waals surface area contributed by atoms with Crippen molar-refractivity contribution in [3.8, 4) is 11.5 Å². The lowest BCUT2D eigenvalue weighted by molar-refractivity contribution is 0.354. The molecule has 7 nitrogen and oxygen atoms in total. The van der Waals surface area contributed by atoms with Crippen LogP contribution in [0.4, 0.5) is 11.6 Å². The van der Waals surface area contributed by atoms with Crippen LogP contribution in [0.25, 0.3) is 11.0 Å². The second-order valence-electron chi connectivity index (χ2n) is 6.21. The summed E-state index contributed by atoms with van der Waals surface area (Å²) < 4.78 is 10.7. The summed E-state index contributed by atoms with van der Waals surface area (Å²) in [6.07, 6.45) is 2.40. The minimum Gasteiger partial charge on any atom is -0.493 e. The Labute approximate surface area is 152 Å². The molecule has 7 heteroatoms. The Morgan fingerprint density at radius 3 is 2.65 bits per heavy atom. The number of fused-ring (bicyclic) bond motifs is 1. The van der Waals surface area contributed by atoms with E-state index in [9.17, 15) is 0 Å². The maximum absolute atomic E-state index is 5.72. The highest BCUT2D eigenvalue weighted by Crippen LogP contribution is 2.28. The average molecular weight is 353 g/mol. The number of anilines is 2. The van der Waals surface area contributed by atoms with Crippen molar-refractivity contribution in [2.45, 2.75) is 13.3 Å². The zero-order chi connectivity index (χ0) is 18.5. The summed E-state index contributed by atoms with van der Waals surface area (Å²) in [5.74, 6) is 3.09. The molecule has 1 unspecified atom stereocenters. The van der Waals surface area contributed by atoms with E-state index in [1.165, 1.54) is 11.9 Å². The molecule has 0 saturated carbocycles. The summed E-state index contributed by atoms with van der Waals surface area (Å²) in [5, 5.41) is 4.25. The lowest BCUT2D eigenvalue weighted by Crippen LogP contribution is -2.15. The first kappa shape index (κ1) is 17.7. The highest BCUT2D eigenvalue weighted by atomic mass is 16.5. The molecule has 0 bridgehead atoms. The van der Waals surface area contributed by atoms with Gasteiger partial charge in [0.25, 0.3) is 0 Å². The largest absolute Gasteiger partial charge is 0.493 e. The van der Waals surface area contributed by atoms with Gasteiger partial charge < -0.3 is 20.5 Å². The molecular formula is C19H23N5O2. The SMILES string of the molecule is COc1ccc(CC(C)CNc2ncnc3nc(N)ccc23)cc1OC. The molecule has 0 aliphatic heterocycles. The van der Waals surface area contributed by atoms with Gasteiger partial charge in [0.15, 0.2) is 17.1 Å². The van der Waals surface area contributed by atoms with Gasteiger partial charge in [-0.3, -0.25) is 0 Å². The number of nitrogens with zero attached hydrogens (tertiary/aromatic N) is 3. The van der Waals surface area contributed by atoms with Crippen LogP contribution in [0.1, 0.15) is 12.5 Å². The molecule has 0 radical (unpaired) electrons. The number of nitrogen functional groups attached to an aromatic ring is 1. The van der Waals surface area contributed by atoms with E-state index in [0.717, 1.165) is 35.7 Å². The number of pyridine rings is 1. The number of aromatic nitrogens is 3. The van der Waals surface area contributed by atoms with Crippen LogP contribution < -0.4 is 20.5 Å². The Bertz CT molecular complexity index is 900. The van der Waals surface area contributed by atoms with Gasteiger partial charge in [-0.2, -0.15) is 0 Å². The third-order valence-corrected chi connectivity index (χ3v) is 4.17. The highest BCUT2D eigenvalue weighted by Gasteiger charge is 2.10. The van der Waals surface area contributed by atoms with Gasteiger partial charge in [-0.1, -0.05) is 13.0 Å². The number of ether oxygens (including phenoxy) is 2. The fraction of sp³-hybridized carbons (Fsp3) is 0.316. The van der Waals surface area contributed by atoms with Crippen LogP contribution in [0.3, 0.4) is 0 Å². The van der Waals surface area contributed by atoms with Crippen molar-refractivity contribution >= 4 is 22.7 Å². The molecule has 0 fully saturated rings. The topological polar surface area (TPSA) is 95.2 Å². The molecule has 26 heavy (non-hydrogen) atoms.